The topological polar surface area (TPSA) is 98.2 Å². The number of carbonyl (C=O) groups is 2. The van der Waals surface area contributed by atoms with Crippen molar-refractivity contribution in [1.29, 1.82) is 0 Å². The third-order valence-corrected chi connectivity index (χ3v) is 3.15. The van der Waals surface area contributed by atoms with Crippen molar-refractivity contribution in [3.8, 4) is 0 Å². The summed E-state index contributed by atoms with van der Waals surface area (Å²) in [5.41, 5.74) is 12.6. The number of primary amides is 1. The zero-order valence-corrected chi connectivity index (χ0v) is 13.2. The van der Waals surface area contributed by atoms with Crippen LogP contribution in [0.3, 0.4) is 0 Å². The lowest BCUT2D eigenvalue weighted by Crippen LogP contribution is -2.15. The minimum absolute atomic E-state index is 0. The zero-order chi connectivity index (χ0) is 15.0. The van der Waals surface area contributed by atoms with Gasteiger partial charge in [-0.1, -0.05) is 18.9 Å². The first-order valence-electron chi connectivity index (χ1n) is 6.95. The van der Waals surface area contributed by atoms with Crippen LogP contribution in [-0.4, -0.2) is 18.4 Å². The quantitative estimate of drug-likeness (QED) is 0.642. The second-order valence-electron chi connectivity index (χ2n) is 4.90. The second-order valence-corrected chi connectivity index (χ2v) is 4.90. The highest BCUT2D eigenvalue weighted by Crippen LogP contribution is 2.17. The van der Waals surface area contributed by atoms with E-state index in [0.717, 1.165) is 31.2 Å². The minimum atomic E-state index is -0.498. The van der Waals surface area contributed by atoms with Gasteiger partial charge in [0, 0.05) is 17.7 Å². The summed E-state index contributed by atoms with van der Waals surface area (Å²) < 4.78 is 0. The Labute approximate surface area is 131 Å². The van der Waals surface area contributed by atoms with E-state index in [1.165, 1.54) is 0 Å². The molecule has 0 bridgehead atoms. The Morgan fingerprint density at radius 3 is 2.43 bits per heavy atom. The maximum absolute atomic E-state index is 11.8. The van der Waals surface area contributed by atoms with Gasteiger partial charge in [-0.2, -0.15) is 0 Å². The van der Waals surface area contributed by atoms with E-state index >= 15 is 0 Å². The molecule has 2 amide bonds. The fourth-order valence-corrected chi connectivity index (χ4v) is 1.91. The summed E-state index contributed by atoms with van der Waals surface area (Å²) in [4.78, 5) is 22.9. The molecule has 0 saturated carbocycles. The molecule has 1 aromatic rings. The predicted molar refractivity (Wildman–Crippen MR) is 87.7 cm³/mol. The van der Waals surface area contributed by atoms with Gasteiger partial charge in [0.1, 0.15) is 0 Å². The van der Waals surface area contributed by atoms with Gasteiger partial charge in [0.15, 0.2) is 0 Å². The average molecular weight is 314 g/mol. The van der Waals surface area contributed by atoms with E-state index in [-0.39, 0.29) is 18.3 Å². The number of rotatable bonds is 8. The van der Waals surface area contributed by atoms with E-state index in [1.807, 2.05) is 6.92 Å². The van der Waals surface area contributed by atoms with Gasteiger partial charge in [0.25, 0.3) is 0 Å². The summed E-state index contributed by atoms with van der Waals surface area (Å²) in [6, 6.07) is 5.04. The number of benzene rings is 1. The van der Waals surface area contributed by atoms with Gasteiger partial charge >= 0.3 is 0 Å². The first kappa shape index (κ1) is 19.4. The highest BCUT2D eigenvalue weighted by Gasteiger charge is 2.08. The monoisotopic (exact) mass is 313 g/mol. The van der Waals surface area contributed by atoms with Gasteiger partial charge in [-0.15, -0.1) is 12.4 Å². The van der Waals surface area contributed by atoms with Crippen molar-refractivity contribution in [2.75, 3.05) is 11.9 Å². The molecular formula is C15H24ClN3O2. The van der Waals surface area contributed by atoms with Crippen LogP contribution in [0.25, 0.3) is 0 Å². The molecule has 0 unspecified atom stereocenters. The van der Waals surface area contributed by atoms with E-state index in [2.05, 4.69) is 5.32 Å². The van der Waals surface area contributed by atoms with Gasteiger partial charge in [-0.3, -0.25) is 9.59 Å². The SMILES string of the molecule is Cc1ccc(C(N)=O)cc1NC(=O)CCCCCCN.Cl. The Bertz CT molecular complexity index is 478. The highest BCUT2D eigenvalue weighted by molar-refractivity contribution is 5.96. The molecule has 1 rings (SSSR count). The van der Waals surface area contributed by atoms with Crippen LogP contribution in [0.5, 0.6) is 0 Å². The Morgan fingerprint density at radius 2 is 1.81 bits per heavy atom. The normalized spacial score (nSPS) is 9.81. The standard InChI is InChI=1S/C15H23N3O2.ClH/c1-11-7-8-12(15(17)20)10-13(11)18-14(19)6-4-2-3-5-9-16;/h7-8,10H,2-6,9,16H2,1H3,(H2,17,20)(H,18,19);1H. The zero-order valence-electron chi connectivity index (χ0n) is 12.4. The number of hydrogen-bond acceptors (Lipinski definition) is 3. The average Bonchev–Trinajstić information content (AvgIpc) is 2.40. The Hall–Kier alpha value is -1.59. The number of aryl methyl sites for hydroxylation is 1. The summed E-state index contributed by atoms with van der Waals surface area (Å²) >= 11 is 0. The molecule has 5 nitrogen and oxygen atoms in total. The van der Waals surface area contributed by atoms with Gasteiger partial charge in [0.2, 0.25) is 11.8 Å². The van der Waals surface area contributed by atoms with Crippen molar-refractivity contribution in [2.24, 2.45) is 11.5 Å². The lowest BCUT2D eigenvalue weighted by molar-refractivity contribution is -0.116. The molecule has 1 aromatic carbocycles. The lowest BCUT2D eigenvalue weighted by Gasteiger charge is -2.09. The largest absolute Gasteiger partial charge is 0.366 e. The van der Waals surface area contributed by atoms with Crippen molar-refractivity contribution in [2.45, 2.75) is 39.0 Å². The molecule has 6 heteroatoms. The van der Waals surface area contributed by atoms with E-state index in [1.54, 1.807) is 18.2 Å². The van der Waals surface area contributed by atoms with Crippen LogP contribution in [0.1, 0.15) is 48.0 Å². The third-order valence-electron chi connectivity index (χ3n) is 3.15. The minimum Gasteiger partial charge on any atom is -0.366 e. The van der Waals surface area contributed by atoms with Crippen molar-refractivity contribution < 1.29 is 9.59 Å². The molecule has 0 aromatic heterocycles. The van der Waals surface area contributed by atoms with Gasteiger partial charge in [-0.25, -0.2) is 0 Å². The van der Waals surface area contributed by atoms with Crippen LogP contribution in [-0.2, 0) is 4.79 Å². The molecule has 118 valence electrons. The van der Waals surface area contributed by atoms with Gasteiger partial charge in [-0.05, 0) is 44.0 Å². The van der Waals surface area contributed by atoms with E-state index in [0.29, 0.717) is 24.2 Å². The molecule has 0 aliphatic heterocycles. The van der Waals surface area contributed by atoms with Crippen molar-refractivity contribution in [1.82, 2.24) is 0 Å². The Morgan fingerprint density at radius 1 is 1.14 bits per heavy atom. The van der Waals surface area contributed by atoms with Gasteiger partial charge in [0.05, 0.1) is 0 Å². The maximum Gasteiger partial charge on any atom is 0.248 e. The molecule has 0 atom stereocenters. The Kier molecular flexibility index (Phi) is 9.41. The van der Waals surface area contributed by atoms with Crippen LogP contribution in [0.2, 0.25) is 0 Å². The summed E-state index contributed by atoms with van der Waals surface area (Å²) in [7, 11) is 0. The molecule has 0 saturated heterocycles. The highest BCUT2D eigenvalue weighted by atomic mass is 35.5. The molecule has 5 N–H and O–H groups in total. The van der Waals surface area contributed by atoms with E-state index < -0.39 is 5.91 Å². The van der Waals surface area contributed by atoms with Crippen molar-refractivity contribution in [3.63, 3.8) is 0 Å². The fraction of sp³-hybridized carbons (Fsp3) is 0.467. The second kappa shape index (κ2) is 10.2. The molecule has 0 spiro atoms. The van der Waals surface area contributed by atoms with Crippen molar-refractivity contribution >= 4 is 29.9 Å². The van der Waals surface area contributed by atoms with Crippen LogP contribution < -0.4 is 16.8 Å². The molecular weight excluding hydrogens is 290 g/mol. The van der Waals surface area contributed by atoms with Crippen LogP contribution in [0.4, 0.5) is 5.69 Å². The van der Waals surface area contributed by atoms with Crippen LogP contribution >= 0.6 is 12.4 Å². The van der Waals surface area contributed by atoms with E-state index in [9.17, 15) is 9.59 Å². The molecule has 0 radical (unpaired) electrons. The molecule has 0 heterocycles. The van der Waals surface area contributed by atoms with Crippen LogP contribution in [0.15, 0.2) is 18.2 Å². The fourth-order valence-electron chi connectivity index (χ4n) is 1.91. The number of halogens is 1. The molecule has 0 fully saturated rings. The number of carbonyl (C=O) groups excluding carboxylic acids is 2. The third kappa shape index (κ3) is 7.11. The summed E-state index contributed by atoms with van der Waals surface area (Å²) in [6.07, 6.45) is 4.39. The van der Waals surface area contributed by atoms with Crippen LogP contribution in [0, 0.1) is 6.92 Å². The summed E-state index contributed by atoms with van der Waals surface area (Å²) in [6.45, 7) is 2.58. The first-order valence-corrected chi connectivity index (χ1v) is 6.95. The number of unbranched alkanes of at least 4 members (excludes halogenated alkanes) is 3. The number of amides is 2. The summed E-state index contributed by atoms with van der Waals surface area (Å²) in [5.74, 6) is -0.537. The predicted octanol–water partition coefficient (Wildman–Crippen LogP) is 2.36. The Balaban J connectivity index is 0.00000400. The summed E-state index contributed by atoms with van der Waals surface area (Å²) in [5, 5.41) is 2.82. The number of hydrogen-bond donors (Lipinski definition) is 3. The maximum atomic E-state index is 11.8. The van der Waals surface area contributed by atoms with E-state index in [4.69, 9.17) is 11.5 Å². The number of nitrogens with one attached hydrogen (secondary N) is 1. The lowest BCUT2D eigenvalue weighted by atomic mass is 10.1. The smallest absolute Gasteiger partial charge is 0.248 e. The first-order chi connectivity index (χ1) is 9.54. The van der Waals surface area contributed by atoms with Crippen molar-refractivity contribution in [3.05, 3.63) is 29.3 Å². The molecule has 21 heavy (non-hydrogen) atoms. The number of nitrogens with two attached hydrogens (primary N) is 2. The molecule has 0 aliphatic carbocycles. The number of anilines is 1. The molecule has 0 aliphatic rings. The van der Waals surface area contributed by atoms with Gasteiger partial charge < -0.3 is 16.8 Å².